The molecule has 0 aliphatic carbocycles. The molecule has 0 bridgehead atoms. The highest BCUT2D eigenvalue weighted by molar-refractivity contribution is 6.31. The Balaban J connectivity index is 3.20. The molecule has 4 N–H and O–H groups in total. The number of hydrogen-bond donors (Lipinski definition) is 3. The maximum absolute atomic E-state index is 11.0. The SMILES string of the molecule is NNC(=O)c1cc(Cl)cc(C(=O)O)n1. The molecule has 1 rings (SSSR count). The third-order valence-electron chi connectivity index (χ3n) is 1.37. The number of hydrogen-bond acceptors (Lipinski definition) is 4. The zero-order valence-electron chi connectivity index (χ0n) is 6.82. The van der Waals surface area contributed by atoms with Gasteiger partial charge in [0.05, 0.1) is 0 Å². The lowest BCUT2D eigenvalue weighted by Crippen LogP contribution is -2.31. The Labute approximate surface area is 83.7 Å². The van der Waals surface area contributed by atoms with Crippen LogP contribution >= 0.6 is 11.6 Å². The lowest BCUT2D eigenvalue weighted by Gasteiger charge is -2.01. The molecule has 14 heavy (non-hydrogen) atoms. The minimum Gasteiger partial charge on any atom is -0.477 e. The van der Waals surface area contributed by atoms with E-state index in [9.17, 15) is 9.59 Å². The number of aromatic carboxylic acids is 1. The number of nitrogens with zero attached hydrogens (tertiary/aromatic N) is 1. The van der Waals surface area contributed by atoms with Crippen LogP contribution in [0.4, 0.5) is 0 Å². The van der Waals surface area contributed by atoms with Gasteiger partial charge < -0.3 is 5.11 Å². The molecule has 0 aliphatic rings. The van der Waals surface area contributed by atoms with Crippen LogP contribution in [0, 0.1) is 0 Å². The van der Waals surface area contributed by atoms with E-state index in [1.54, 1.807) is 0 Å². The molecule has 0 atom stereocenters. The van der Waals surface area contributed by atoms with Gasteiger partial charge in [0.15, 0.2) is 5.69 Å². The molecule has 1 heterocycles. The number of rotatable bonds is 2. The summed E-state index contributed by atoms with van der Waals surface area (Å²) in [6, 6.07) is 2.35. The Morgan fingerprint density at radius 3 is 2.50 bits per heavy atom. The fraction of sp³-hybridized carbons (Fsp3) is 0. The van der Waals surface area contributed by atoms with E-state index in [1.165, 1.54) is 6.07 Å². The minimum atomic E-state index is -1.27. The number of nitrogens with one attached hydrogen (secondary N) is 1. The van der Waals surface area contributed by atoms with Crippen LogP contribution in [-0.2, 0) is 0 Å². The number of nitrogens with two attached hydrogens (primary N) is 1. The van der Waals surface area contributed by atoms with Crippen molar-refractivity contribution in [3.8, 4) is 0 Å². The zero-order valence-corrected chi connectivity index (χ0v) is 7.58. The van der Waals surface area contributed by atoms with Gasteiger partial charge in [-0.05, 0) is 12.1 Å². The fourth-order valence-corrected chi connectivity index (χ4v) is 1.00. The Morgan fingerprint density at radius 1 is 1.43 bits per heavy atom. The molecule has 1 aromatic heterocycles. The van der Waals surface area contributed by atoms with E-state index in [-0.39, 0.29) is 16.4 Å². The van der Waals surface area contributed by atoms with E-state index in [4.69, 9.17) is 22.6 Å². The van der Waals surface area contributed by atoms with Crippen LogP contribution in [0.15, 0.2) is 12.1 Å². The summed E-state index contributed by atoms with van der Waals surface area (Å²) in [4.78, 5) is 25.1. The van der Waals surface area contributed by atoms with Crippen molar-refractivity contribution in [2.24, 2.45) is 5.84 Å². The first-order valence-electron chi connectivity index (χ1n) is 3.46. The summed E-state index contributed by atoms with van der Waals surface area (Å²) in [5.74, 6) is 2.89. The molecular formula is C7H6ClN3O3. The van der Waals surface area contributed by atoms with Crippen molar-refractivity contribution >= 4 is 23.5 Å². The van der Waals surface area contributed by atoms with Gasteiger partial charge in [0.2, 0.25) is 0 Å². The topological polar surface area (TPSA) is 105 Å². The number of halogens is 1. The lowest BCUT2D eigenvalue weighted by atomic mass is 10.3. The molecule has 74 valence electrons. The van der Waals surface area contributed by atoms with E-state index in [2.05, 4.69) is 4.98 Å². The highest BCUT2D eigenvalue weighted by Gasteiger charge is 2.12. The second-order valence-corrected chi connectivity index (χ2v) is 2.77. The van der Waals surface area contributed by atoms with Crippen LogP contribution in [0.1, 0.15) is 21.0 Å². The Kier molecular flexibility index (Phi) is 3.00. The Morgan fingerprint density at radius 2 is 2.00 bits per heavy atom. The maximum Gasteiger partial charge on any atom is 0.354 e. The largest absolute Gasteiger partial charge is 0.477 e. The van der Waals surface area contributed by atoms with Crippen molar-refractivity contribution in [2.75, 3.05) is 0 Å². The third-order valence-corrected chi connectivity index (χ3v) is 1.59. The predicted octanol–water partition coefficient (Wildman–Crippen LogP) is 0.0367. The number of carbonyl (C=O) groups excluding carboxylic acids is 1. The van der Waals surface area contributed by atoms with Crippen molar-refractivity contribution in [3.05, 3.63) is 28.5 Å². The second kappa shape index (κ2) is 4.03. The number of carboxylic acids is 1. The van der Waals surface area contributed by atoms with Crippen LogP contribution in [0.5, 0.6) is 0 Å². The quantitative estimate of drug-likeness (QED) is 0.367. The first kappa shape index (κ1) is 10.4. The summed E-state index contributed by atoms with van der Waals surface area (Å²) in [5, 5.41) is 8.71. The molecule has 0 saturated carbocycles. The third kappa shape index (κ3) is 2.18. The zero-order chi connectivity index (χ0) is 10.7. The number of aromatic nitrogens is 1. The molecule has 0 unspecified atom stereocenters. The van der Waals surface area contributed by atoms with Gasteiger partial charge in [0, 0.05) is 5.02 Å². The number of carbonyl (C=O) groups is 2. The average molecular weight is 216 g/mol. The molecule has 0 fully saturated rings. The number of pyridine rings is 1. The van der Waals surface area contributed by atoms with Gasteiger partial charge in [-0.2, -0.15) is 0 Å². The van der Waals surface area contributed by atoms with Crippen molar-refractivity contribution in [2.45, 2.75) is 0 Å². The lowest BCUT2D eigenvalue weighted by molar-refractivity contribution is 0.0690. The number of amides is 1. The van der Waals surface area contributed by atoms with Gasteiger partial charge >= 0.3 is 5.97 Å². The molecule has 6 nitrogen and oxygen atoms in total. The van der Waals surface area contributed by atoms with Crippen LogP contribution < -0.4 is 11.3 Å². The molecule has 0 radical (unpaired) electrons. The normalized spacial score (nSPS) is 9.57. The van der Waals surface area contributed by atoms with Crippen molar-refractivity contribution in [3.63, 3.8) is 0 Å². The molecule has 0 aliphatic heterocycles. The summed E-state index contributed by atoms with van der Waals surface area (Å²) in [7, 11) is 0. The van der Waals surface area contributed by atoms with Crippen LogP contribution in [0.25, 0.3) is 0 Å². The van der Waals surface area contributed by atoms with E-state index in [0.717, 1.165) is 6.07 Å². The summed E-state index contributed by atoms with van der Waals surface area (Å²) < 4.78 is 0. The highest BCUT2D eigenvalue weighted by atomic mass is 35.5. The summed E-state index contributed by atoms with van der Waals surface area (Å²) in [5.41, 5.74) is 1.37. The average Bonchev–Trinajstić information content (AvgIpc) is 2.15. The molecule has 1 aromatic rings. The van der Waals surface area contributed by atoms with Crippen molar-refractivity contribution in [1.29, 1.82) is 0 Å². The van der Waals surface area contributed by atoms with Gasteiger partial charge in [0.25, 0.3) is 5.91 Å². The number of carboxylic acid groups (broad SMARTS) is 1. The van der Waals surface area contributed by atoms with Crippen LogP contribution in [0.3, 0.4) is 0 Å². The monoisotopic (exact) mass is 215 g/mol. The highest BCUT2D eigenvalue weighted by Crippen LogP contribution is 2.11. The number of nitrogen functional groups attached to an aromatic ring is 1. The van der Waals surface area contributed by atoms with Gasteiger partial charge in [-0.25, -0.2) is 15.6 Å². The first-order valence-corrected chi connectivity index (χ1v) is 3.84. The standard InChI is InChI=1S/C7H6ClN3O3/c8-3-1-4(6(12)11-9)10-5(2-3)7(13)14/h1-2H,9H2,(H,11,12)(H,13,14). The van der Waals surface area contributed by atoms with Gasteiger partial charge in [-0.1, -0.05) is 11.6 Å². The van der Waals surface area contributed by atoms with Gasteiger partial charge in [-0.15, -0.1) is 0 Å². The molecule has 0 saturated heterocycles. The van der Waals surface area contributed by atoms with Crippen LogP contribution in [-0.4, -0.2) is 22.0 Å². The van der Waals surface area contributed by atoms with E-state index in [1.807, 2.05) is 5.43 Å². The maximum atomic E-state index is 11.0. The van der Waals surface area contributed by atoms with E-state index < -0.39 is 11.9 Å². The summed E-state index contributed by atoms with van der Waals surface area (Å²) in [6.45, 7) is 0. The molecule has 0 aromatic carbocycles. The van der Waals surface area contributed by atoms with Gasteiger partial charge in [-0.3, -0.25) is 10.2 Å². The van der Waals surface area contributed by atoms with Crippen molar-refractivity contribution < 1.29 is 14.7 Å². The number of hydrazine groups is 1. The predicted molar refractivity (Wildman–Crippen MR) is 47.9 cm³/mol. The molecule has 0 spiro atoms. The summed E-state index contributed by atoms with van der Waals surface area (Å²) >= 11 is 5.57. The van der Waals surface area contributed by atoms with E-state index in [0.29, 0.717) is 0 Å². The molecule has 7 heteroatoms. The van der Waals surface area contributed by atoms with E-state index >= 15 is 0 Å². The van der Waals surface area contributed by atoms with Crippen LogP contribution in [0.2, 0.25) is 5.02 Å². The molecular weight excluding hydrogens is 210 g/mol. The smallest absolute Gasteiger partial charge is 0.354 e. The minimum absolute atomic E-state index is 0.107. The summed E-state index contributed by atoms with van der Waals surface area (Å²) in [6.07, 6.45) is 0. The second-order valence-electron chi connectivity index (χ2n) is 2.33. The molecule has 1 amide bonds. The first-order chi connectivity index (χ1) is 6.54. The fourth-order valence-electron chi connectivity index (χ4n) is 0.797. The van der Waals surface area contributed by atoms with Crippen molar-refractivity contribution in [1.82, 2.24) is 10.4 Å². The van der Waals surface area contributed by atoms with Gasteiger partial charge in [0.1, 0.15) is 5.69 Å². The Hall–Kier alpha value is -1.66. The Bertz CT molecular complexity index is 394.